The second kappa shape index (κ2) is 9.23. The molecule has 0 aliphatic rings. The molecule has 0 aliphatic heterocycles. The normalized spacial score (nSPS) is 10.7. The molecule has 0 radical (unpaired) electrons. The van der Waals surface area contributed by atoms with Crippen LogP contribution in [0.3, 0.4) is 0 Å². The fourth-order valence-corrected chi connectivity index (χ4v) is 3.40. The smallest absolute Gasteiger partial charge is 0.343 e. The molecule has 0 spiro atoms. The van der Waals surface area contributed by atoms with E-state index in [0.717, 1.165) is 28.5 Å². The van der Waals surface area contributed by atoms with Crippen LogP contribution in [-0.4, -0.2) is 17.6 Å². The van der Waals surface area contributed by atoms with Crippen molar-refractivity contribution in [3.8, 4) is 5.75 Å². The quantitative estimate of drug-likeness (QED) is 0.382. The van der Waals surface area contributed by atoms with Crippen LogP contribution in [-0.2, 0) is 17.8 Å². The van der Waals surface area contributed by atoms with Crippen LogP contribution in [0.1, 0.15) is 34.0 Å². The molecular formula is C26H23NO3. The van der Waals surface area contributed by atoms with E-state index in [2.05, 4.69) is 29.2 Å². The molecule has 3 aromatic carbocycles. The molecular weight excluding hydrogens is 374 g/mol. The monoisotopic (exact) mass is 397 g/mol. The zero-order chi connectivity index (χ0) is 20.8. The molecule has 150 valence electrons. The molecule has 0 atom stereocenters. The second-order valence-electron chi connectivity index (χ2n) is 7.01. The molecule has 0 bridgehead atoms. The van der Waals surface area contributed by atoms with Crippen molar-refractivity contribution in [2.45, 2.75) is 20.0 Å². The summed E-state index contributed by atoms with van der Waals surface area (Å²) in [6, 6.07) is 26.2. The number of nitrogens with zero attached hydrogens (tertiary/aromatic N) is 1. The molecule has 0 saturated heterocycles. The maximum absolute atomic E-state index is 12.6. The van der Waals surface area contributed by atoms with Crippen molar-refractivity contribution in [3.63, 3.8) is 0 Å². The predicted molar refractivity (Wildman–Crippen MR) is 118 cm³/mol. The van der Waals surface area contributed by atoms with Crippen molar-refractivity contribution in [1.82, 2.24) is 4.98 Å². The molecule has 4 rings (SSSR count). The number of hydrogen-bond acceptors (Lipinski definition) is 4. The number of benzene rings is 3. The molecule has 4 aromatic rings. The van der Waals surface area contributed by atoms with E-state index in [0.29, 0.717) is 24.5 Å². The third-order valence-electron chi connectivity index (χ3n) is 4.86. The minimum absolute atomic E-state index is 0.295. The van der Waals surface area contributed by atoms with E-state index in [-0.39, 0.29) is 0 Å². The van der Waals surface area contributed by atoms with Crippen LogP contribution in [0.5, 0.6) is 5.75 Å². The second-order valence-corrected chi connectivity index (χ2v) is 7.01. The maximum Gasteiger partial charge on any atom is 0.343 e. The summed E-state index contributed by atoms with van der Waals surface area (Å²) in [5, 5.41) is 0.810. The minimum atomic E-state index is -0.427. The van der Waals surface area contributed by atoms with Crippen LogP contribution in [0.25, 0.3) is 10.9 Å². The number of pyridine rings is 1. The summed E-state index contributed by atoms with van der Waals surface area (Å²) < 4.78 is 11.4. The summed E-state index contributed by atoms with van der Waals surface area (Å²) in [5.74, 6) is 0.0839. The van der Waals surface area contributed by atoms with E-state index >= 15 is 0 Å². The van der Waals surface area contributed by atoms with Gasteiger partial charge in [0, 0.05) is 11.6 Å². The van der Waals surface area contributed by atoms with Crippen LogP contribution in [0, 0.1) is 0 Å². The Labute approximate surface area is 176 Å². The fraction of sp³-hybridized carbons (Fsp3) is 0.154. The van der Waals surface area contributed by atoms with Gasteiger partial charge in [-0.2, -0.15) is 0 Å². The molecule has 0 fully saturated rings. The van der Waals surface area contributed by atoms with Gasteiger partial charge < -0.3 is 9.47 Å². The third-order valence-corrected chi connectivity index (χ3v) is 4.86. The highest BCUT2D eigenvalue weighted by atomic mass is 16.5. The molecule has 0 saturated carbocycles. The largest absolute Gasteiger partial charge is 0.487 e. The van der Waals surface area contributed by atoms with E-state index in [4.69, 9.17) is 9.47 Å². The lowest BCUT2D eigenvalue weighted by Gasteiger charge is -2.14. The number of carbonyl (C=O) groups excluding carboxylic acids is 1. The fourth-order valence-electron chi connectivity index (χ4n) is 3.40. The maximum atomic E-state index is 12.6. The van der Waals surface area contributed by atoms with Gasteiger partial charge in [-0.05, 0) is 42.2 Å². The molecule has 1 heterocycles. The summed E-state index contributed by atoms with van der Waals surface area (Å²) in [5.41, 5.74) is 4.50. The Morgan fingerprint density at radius 3 is 2.27 bits per heavy atom. The molecule has 0 N–H and O–H groups in total. The van der Waals surface area contributed by atoms with Crippen LogP contribution >= 0.6 is 0 Å². The van der Waals surface area contributed by atoms with Gasteiger partial charge >= 0.3 is 5.97 Å². The molecule has 0 amide bonds. The zero-order valence-electron chi connectivity index (χ0n) is 16.9. The number of hydrogen-bond donors (Lipinski definition) is 0. The summed E-state index contributed by atoms with van der Waals surface area (Å²) >= 11 is 0. The van der Waals surface area contributed by atoms with E-state index in [9.17, 15) is 4.79 Å². The lowest BCUT2D eigenvalue weighted by Crippen LogP contribution is -2.09. The van der Waals surface area contributed by atoms with Gasteiger partial charge in [0.2, 0.25) is 0 Å². The Balaban J connectivity index is 1.74. The summed E-state index contributed by atoms with van der Waals surface area (Å²) in [4.78, 5) is 17.0. The number of esters is 1. The molecule has 4 heteroatoms. The first kappa shape index (κ1) is 19.6. The van der Waals surface area contributed by atoms with Crippen LogP contribution in [0.2, 0.25) is 0 Å². The SMILES string of the molecule is CCOC(=O)c1cnc2ccc(Cc3ccccc3)cc2c1OCc1ccccc1. The number of aromatic nitrogens is 1. The van der Waals surface area contributed by atoms with Crippen LogP contribution in [0.15, 0.2) is 85.1 Å². The summed E-state index contributed by atoms with van der Waals surface area (Å²) in [6.07, 6.45) is 2.33. The molecule has 0 unspecified atom stereocenters. The van der Waals surface area contributed by atoms with Gasteiger partial charge in [0.15, 0.2) is 0 Å². The number of rotatable bonds is 7. The summed E-state index contributed by atoms with van der Waals surface area (Å²) in [6.45, 7) is 2.44. The van der Waals surface area contributed by atoms with Gasteiger partial charge in [-0.15, -0.1) is 0 Å². The minimum Gasteiger partial charge on any atom is -0.487 e. The first-order valence-electron chi connectivity index (χ1n) is 10.0. The van der Waals surface area contributed by atoms with E-state index in [1.54, 1.807) is 6.92 Å². The number of fused-ring (bicyclic) bond motifs is 1. The van der Waals surface area contributed by atoms with E-state index in [1.807, 2.05) is 54.6 Å². The molecule has 1 aromatic heterocycles. The zero-order valence-corrected chi connectivity index (χ0v) is 16.9. The molecule has 30 heavy (non-hydrogen) atoms. The first-order chi connectivity index (χ1) is 14.7. The number of carbonyl (C=O) groups is 1. The lowest BCUT2D eigenvalue weighted by molar-refractivity contribution is 0.0521. The topological polar surface area (TPSA) is 48.4 Å². The van der Waals surface area contributed by atoms with Crippen LogP contribution in [0.4, 0.5) is 0 Å². The lowest BCUT2D eigenvalue weighted by atomic mass is 10.0. The van der Waals surface area contributed by atoms with Crippen molar-refractivity contribution in [3.05, 3.63) is 107 Å². The Morgan fingerprint density at radius 2 is 1.57 bits per heavy atom. The van der Waals surface area contributed by atoms with Gasteiger partial charge in [-0.25, -0.2) is 4.79 Å². The Bertz CT molecular complexity index is 1140. The number of ether oxygens (including phenoxy) is 2. The van der Waals surface area contributed by atoms with Crippen molar-refractivity contribution < 1.29 is 14.3 Å². The van der Waals surface area contributed by atoms with Gasteiger partial charge in [-0.3, -0.25) is 4.98 Å². The van der Waals surface area contributed by atoms with Crippen molar-refractivity contribution in [2.75, 3.05) is 6.61 Å². The average molecular weight is 397 g/mol. The van der Waals surface area contributed by atoms with Crippen molar-refractivity contribution in [1.29, 1.82) is 0 Å². The van der Waals surface area contributed by atoms with Gasteiger partial charge in [0.25, 0.3) is 0 Å². The third kappa shape index (κ3) is 4.49. The first-order valence-corrected chi connectivity index (χ1v) is 10.0. The highest BCUT2D eigenvalue weighted by Crippen LogP contribution is 2.31. The molecule has 0 aliphatic carbocycles. The van der Waals surface area contributed by atoms with Gasteiger partial charge in [0.05, 0.1) is 12.1 Å². The molecule has 4 nitrogen and oxygen atoms in total. The van der Waals surface area contributed by atoms with E-state index in [1.165, 1.54) is 11.8 Å². The van der Waals surface area contributed by atoms with Crippen LogP contribution < -0.4 is 4.74 Å². The predicted octanol–water partition coefficient (Wildman–Crippen LogP) is 5.58. The average Bonchev–Trinajstić information content (AvgIpc) is 2.79. The highest BCUT2D eigenvalue weighted by molar-refractivity contribution is 5.99. The van der Waals surface area contributed by atoms with Gasteiger partial charge in [0.1, 0.15) is 17.9 Å². The van der Waals surface area contributed by atoms with Crippen molar-refractivity contribution in [2.24, 2.45) is 0 Å². The Kier molecular flexibility index (Phi) is 6.04. The standard InChI is InChI=1S/C26H23NO3/c1-2-29-26(28)23-17-27-24-14-13-21(15-19-9-5-3-6-10-19)16-22(24)25(23)30-18-20-11-7-4-8-12-20/h3-14,16-17H,2,15,18H2,1H3. The highest BCUT2D eigenvalue weighted by Gasteiger charge is 2.18. The van der Waals surface area contributed by atoms with Crippen molar-refractivity contribution >= 4 is 16.9 Å². The summed E-state index contributed by atoms with van der Waals surface area (Å²) in [7, 11) is 0. The van der Waals surface area contributed by atoms with E-state index < -0.39 is 5.97 Å². The Hall–Kier alpha value is -3.66. The van der Waals surface area contributed by atoms with Gasteiger partial charge in [-0.1, -0.05) is 66.7 Å². The Morgan fingerprint density at radius 1 is 0.867 bits per heavy atom.